The first-order valence-corrected chi connectivity index (χ1v) is 8.62. The standard InChI is InChI=1S/C18H17FN4O6/c1-29-18(24)15-10-14(22(25)26)11-16(23(27)28)17(15)21-8-6-20(7-9-21)13-4-2-12(19)3-5-13/h2-5,10-11H,6-9H2,1H3. The van der Waals surface area contributed by atoms with Gasteiger partial charge in [0.25, 0.3) is 11.4 Å². The molecule has 1 aliphatic heterocycles. The van der Waals surface area contributed by atoms with Gasteiger partial charge in [-0.25, -0.2) is 9.18 Å². The predicted molar refractivity (Wildman–Crippen MR) is 102 cm³/mol. The molecule has 0 atom stereocenters. The summed E-state index contributed by atoms with van der Waals surface area (Å²) in [6, 6.07) is 7.80. The predicted octanol–water partition coefficient (Wildman–Crippen LogP) is 2.76. The third-order valence-electron chi connectivity index (χ3n) is 4.68. The number of nitro groups is 2. The minimum Gasteiger partial charge on any atom is -0.465 e. The summed E-state index contributed by atoms with van der Waals surface area (Å²) < 4.78 is 17.8. The highest BCUT2D eigenvalue weighted by molar-refractivity contribution is 5.99. The molecule has 2 aromatic rings. The average Bonchev–Trinajstić information content (AvgIpc) is 2.72. The molecule has 0 spiro atoms. The van der Waals surface area contributed by atoms with Crippen molar-refractivity contribution in [2.45, 2.75) is 0 Å². The Kier molecular flexibility index (Phi) is 5.57. The normalized spacial score (nSPS) is 13.9. The number of piperazine rings is 1. The van der Waals surface area contributed by atoms with E-state index < -0.39 is 27.2 Å². The highest BCUT2D eigenvalue weighted by Gasteiger charge is 2.33. The van der Waals surface area contributed by atoms with Crippen molar-refractivity contribution in [3.63, 3.8) is 0 Å². The monoisotopic (exact) mass is 404 g/mol. The maximum absolute atomic E-state index is 13.1. The Hall–Kier alpha value is -3.76. The molecule has 1 saturated heterocycles. The first-order valence-electron chi connectivity index (χ1n) is 8.62. The number of halogens is 1. The zero-order chi connectivity index (χ0) is 21.1. The van der Waals surface area contributed by atoms with Gasteiger partial charge in [-0.15, -0.1) is 0 Å². The van der Waals surface area contributed by atoms with Crippen molar-refractivity contribution in [2.24, 2.45) is 0 Å². The van der Waals surface area contributed by atoms with E-state index in [1.807, 2.05) is 4.90 Å². The van der Waals surface area contributed by atoms with Gasteiger partial charge in [-0.1, -0.05) is 0 Å². The van der Waals surface area contributed by atoms with E-state index in [0.717, 1.165) is 24.9 Å². The van der Waals surface area contributed by atoms with Crippen molar-refractivity contribution in [1.29, 1.82) is 0 Å². The van der Waals surface area contributed by atoms with Crippen LogP contribution < -0.4 is 9.80 Å². The average molecular weight is 404 g/mol. The van der Waals surface area contributed by atoms with E-state index in [9.17, 15) is 29.4 Å². The zero-order valence-corrected chi connectivity index (χ0v) is 15.4. The van der Waals surface area contributed by atoms with E-state index in [4.69, 9.17) is 0 Å². The molecule has 0 unspecified atom stereocenters. The lowest BCUT2D eigenvalue weighted by Crippen LogP contribution is -2.47. The molecule has 11 heteroatoms. The second-order valence-corrected chi connectivity index (χ2v) is 6.32. The summed E-state index contributed by atoms with van der Waals surface area (Å²) in [5.41, 5.74) is -0.534. The molecule has 1 aliphatic rings. The van der Waals surface area contributed by atoms with E-state index in [1.165, 1.54) is 12.1 Å². The summed E-state index contributed by atoms with van der Waals surface area (Å²) in [4.78, 5) is 37.0. The Morgan fingerprint density at radius 2 is 1.59 bits per heavy atom. The van der Waals surface area contributed by atoms with Crippen LogP contribution >= 0.6 is 0 Å². The van der Waals surface area contributed by atoms with Gasteiger partial charge in [-0.2, -0.15) is 0 Å². The van der Waals surface area contributed by atoms with Crippen LogP contribution in [-0.4, -0.2) is 49.1 Å². The van der Waals surface area contributed by atoms with Crippen molar-refractivity contribution >= 4 is 28.7 Å². The molecular weight excluding hydrogens is 387 g/mol. The van der Waals surface area contributed by atoms with Gasteiger partial charge >= 0.3 is 5.97 Å². The Labute approximate surface area is 164 Å². The van der Waals surface area contributed by atoms with Crippen molar-refractivity contribution in [1.82, 2.24) is 0 Å². The summed E-state index contributed by atoms with van der Waals surface area (Å²) in [6.07, 6.45) is 0. The summed E-state index contributed by atoms with van der Waals surface area (Å²) in [7, 11) is 1.10. The van der Waals surface area contributed by atoms with E-state index in [2.05, 4.69) is 4.74 Å². The van der Waals surface area contributed by atoms with Crippen molar-refractivity contribution in [3.05, 3.63) is 68.0 Å². The smallest absolute Gasteiger partial charge is 0.340 e. The van der Waals surface area contributed by atoms with Gasteiger partial charge in [0, 0.05) is 37.9 Å². The Balaban J connectivity index is 1.95. The number of nitro benzene ring substituents is 2. The molecule has 152 valence electrons. The maximum atomic E-state index is 13.1. The minimum atomic E-state index is -0.896. The third-order valence-corrected chi connectivity index (χ3v) is 4.68. The number of ether oxygens (including phenoxy) is 1. The van der Waals surface area contributed by atoms with Crippen LogP contribution in [0.4, 0.5) is 27.1 Å². The molecule has 1 fully saturated rings. The number of nitrogens with zero attached hydrogens (tertiary/aromatic N) is 4. The highest BCUT2D eigenvalue weighted by atomic mass is 19.1. The quantitative estimate of drug-likeness (QED) is 0.424. The second-order valence-electron chi connectivity index (χ2n) is 6.32. The number of carbonyl (C=O) groups is 1. The molecule has 0 bridgehead atoms. The van der Waals surface area contributed by atoms with Crippen LogP contribution in [0.25, 0.3) is 0 Å². The van der Waals surface area contributed by atoms with Gasteiger partial charge < -0.3 is 14.5 Å². The summed E-state index contributed by atoms with van der Waals surface area (Å²) in [5, 5.41) is 22.7. The molecule has 10 nitrogen and oxygen atoms in total. The fourth-order valence-electron chi connectivity index (χ4n) is 3.29. The van der Waals surface area contributed by atoms with Crippen LogP contribution in [0.2, 0.25) is 0 Å². The molecule has 0 amide bonds. The topological polar surface area (TPSA) is 119 Å². The largest absolute Gasteiger partial charge is 0.465 e. The van der Waals surface area contributed by atoms with Crippen molar-refractivity contribution in [2.75, 3.05) is 43.1 Å². The summed E-state index contributed by atoms with van der Waals surface area (Å²) in [6.45, 7) is 1.56. The number of carbonyl (C=O) groups excluding carboxylic acids is 1. The number of esters is 1. The summed E-state index contributed by atoms with van der Waals surface area (Å²) in [5.74, 6) is -1.25. The minimum absolute atomic E-state index is 0.00814. The van der Waals surface area contributed by atoms with Gasteiger partial charge in [-0.05, 0) is 24.3 Å². The molecule has 0 aromatic heterocycles. The number of benzene rings is 2. The van der Waals surface area contributed by atoms with Crippen molar-refractivity contribution < 1.29 is 23.8 Å². The number of non-ortho nitro benzene ring substituents is 1. The lowest BCUT2D eigenvalue weighted by Gasteiger charge is -2.37. The SMILES string of the molecule is COC(=O)c1cc([N+](=O)[O-])cc([N+](=O)[O-])c1N1CCN(c2ccc(F)cc2)CC1. The number of rotatable bonds is 5. The Bertz CT molecular complexity index is 958. The third kappa shape index (κ3) is 4.08. The zero-order valence-electron chi connectivity index (χ0n) is 15.4. The Morgan fingerprint density at radius 1 is 1.00 bits per heavy atom. The van der Waals surface area contributed by atoms with Crippen LogP contribution in [0, 0.1) is 26.0 Å². The van der Waals surface area contributed by atoms with Gasteiger partial charge in [0.05, 0.1) is 28.6 Å². The molecule has 0 radical (unpaired) electrons. The lowest BCUT2D eigenvalue weighted by molar-refractivity contribution is -0.393. The molecule has 3 rings (SSSR count). The van der Waals surface area contributed by atoms with E-state index in [0.29, 0.717) is 26.2 Å². The van der Waals surface area contributed by atoms with E-state index in [1.54, 1.807) is 17.0 Å². The van der Waals surface area contributed by atoms with Crippen molar-refractivity contribution in [3.8, 4) is 0 Å². The van der Waals surface area contributed by atoms with Crippen LogP contribution in [-0.2, 0) is 4.74 Å². The van der Waals surface area contributed by atoms with E-state index in [-0.39, 0.29) is 17.1 Å². The molecule has 0 aliphatic carbocycles. The lowest BCUT2D eigenvalue weighted by atomic mass is 10.1. The number of methoxy groups -OCH3 is 1. The van der Waals surface area contributed by atoms with Gasteiger partial charge in [-0.3, -0.25) is 20.2 Å². The fourth-order valence-corrected chi connectivity index (χ4v) is 3.29. The molecule has 2 aromatic carbocycles. The first-order chi connectivity index (χ1) is 13.8. The van der Waals surface area contributed by atoms with Crippen LogP contribution in [0.1, 0.15) is 10.4 Å². The van der Waals surface area contributed by atoms with Gasteiger partial charge in [0.1, 0.15) is 11.5 Å². The van der Waals surface area contributed by atoms with Crippen LogP contribution in [0.3, 0.4) is 0 Å². The number of hydrogen-bond donors (Lipinski definition) is 0. The fraction of sp³-hybridized carbons (Fsp3) is 0.278. The van der Waals surface area contributed by atoms with Gasteiger partial charge in [0.15, 0.2) is 0 Å². The molecule has 0 N–H and O–H groups in total. The molecule has 0 saturated carbocycles. The number of anilines is 2. The van der Waals surface area contributed by atoms with Gasteiger partial charge in [0.2, 0.25) is 0 Å². The molecule has 29 heavy (non-hydrogen) atoms. The highest BCUT2D eigenvalue weighted by Crippen LogP contribution is 2.37. The molecular formula is C18H17FN4O6. The van der Waals surface area contributed by atoms with Crippen LogP contribution in [0.5, 0.6) is 0 Å². The van der Waals surface area contributed by atoms with E-state index >= 15 is 0 Å². The summed E-state index contributed by atoms with van der Waals surface area (Å²) >= 11 is 0. The maximum Gasteiger partial charge on any atom is 0.340 e. The first kappa shape index (κ1) is 20.0. The van der Waals surface area contributed by atoms with Crippen LogP contribution in [0.15, 0.2) is 36.4 Å². The molecule has 1 heterocycles. The Morgan fingerprint density at radius 3 is 2.10 bits per heavy atom. The second kappa shape index (κ2) is 8.09. The number of hydrogen-bond acceptors (Lipinski definition) is 8.